The molecule has 0 bridgehead atoms. The van der Waals surface area contributed by atoms with Crippen LogP contribution in [-0.2, 0) is 14.2 Å². The van der Waals surface area contributed by atoms with E-state index in [0.717, 1.165) is 17.8 Å². The Labute approximate surface area is 150 Å². The van der Waals surface area contributed by atoms with Crippen molar-refractivity contribution in [1.82, 2.24) is 0 Å². The molecule has 0 aromatic heterocycles. The van der Waals surface area contributed by atoms with E-state index in [1.807, 2.05) is 14.2 Å². The summed E-state index contributed by atoms with van der Waals surface area (Å²) in [6.45, 7) is 6.88. The summed E-state index contributed by atoms with van der Waals surface area (Å²) in [6.07, 6.45) is 13.5. The molecule has 3 heteroatoms. The van der Waals surface area contributed by atoms with E-state index in [1.165, 1.54) is 57.8 Å². The SMILES string of the molecule is COC1CC(C)C1.COC1CCC(C)C1.COC1CCC(C)CC1. The first kappa shape index (κ1) is 21.9. The van der Waals surface area contributed by atoms with Gasteiger partial charge in [-0.25, -0.2) is 0 Å². The van der Waals surface area contributed by atoms with Crippen LogP contribution in [0.1, 0.15) is 78.6 Å². The summed E-state index contributed by atoms with van der Waals surface area (Å²) in [4.78, 5) is 0. The Hall–Kier alpha value is -0.120. The van der Waals surface area contributed by atoms with Crippen molar-refractivity contribution in [2.24, 2.45) is 17.8 Å². The summed E-state index contributed by atoms with van der Waals surface area (Å²) in [5.41, 5.74) is 0. The van der Waals surface area contributed by atoms with Crippen LogP contribution >= 0.6 is 0 Å². The van der Waals surface area contributed by atoms with Gasteiger partial charge in [-0.15, -0.1) is 0 Å². The lowest BCUT2D eigenvalue weighted by Crippen LogP contribution is -2.27. The summed E-state index contributed by atoms with van der Waals surface area (Å²) < 4.78 is 15.5. The Morgan fingerprint density at radius 3 is 1.17 bits per heavy atom. The summed E-state index contributed by atoms with van der Waals surface area (Å²) >= 11 is 0. The van der Waals surface area contributed by atoms with Gasteiger partial charge in [-0.1, -0.05) is 20.8 Å². The minimum absolute atomic E-state index is 0.571. The van der Waals surface area contributed by atoms with Gasteiger partial charge in [0.2, 0.25) is 0 Å². The molecule has 0 aromatic rings. The van der Waals surface area contributed by atoms with Gasteiger partial charge in [-0.3, -0.25) is 0 Å². The van der Waals surface area contributed by atoms with Crippen molar-refractivity contribution >= 4 is 0 Å². The molecule has 3 aliphatic carbocycles. The molecule has 2 unspecified atom stereocenters. The van der Waals surface area contributed by atoms with Gasteiger partial charge in [0.05, 0.1) is 18.3 Å². The number of rotatable bonds is 3. The zero-order valence-corrected chi connectivity index (χ0v) is 17.1. The van der Waals surface area contributed by atoms with Crippen LogP contribution in [0.15, 0.2) is 0 Å². The molecular formula is C21H42O3. The van der Waals surface area contributed by atoms with Gasteiger partial charge in [0.1, 0.15) is 0 Å². The van der Waals surface area contributed by atoms with E-state index in [0.29, 0.717) is 18.3 Å². The largest absolute Gasteiger partial charge is 0.381 e. The lowest BCUT2D eigenvalue weighted by Gasteiger charge is -2.30. The van der Waals surface area contributed by atoms with Crippen molar-refractivity contribution in [3.63, 3.8) is 0 Å². The molecule has 0 aliphatic heterocycles. The molecule has 0 spiro atoms. The first-order chi connectivity index (χ1) is 11.5. The lowest BCUT2D eigenvalue weighted by atomic mass is 9.84. The molecule has 3 rings (SSSR count). The molecule has 0 saturated heterocycles. The molecule has 0 radical (unpaired) electrons. The van der Waals surface area contributed by atoms with Gasteiger partial charge < -0.3 is 14.2 Å². The van der Waals surface area contributed by atoms with Gasteiger partial charge in [0.15, 0.2) is 0 Å². The molecule has 3 saturated carbocycles. The molecule has 0 heterocycles. The van der Waals surface area contributed by atoms with E-state index in [1.54, 1.807) is 7.11 Å². The highest BCUT2D eigenvalue weighted by molar-refractivity contribution is 4.75. The van der Waals surface area contributed by atoms with Crippen molar-refractivity contribution in [3.8, 4) is 0 Å². The molecule has 0 amide bonds. The van der Waals surface area contributed by atoms with E-state index in [9.17, 15) is 0 Å². The number of hydrogen-bond acceptors (Lipinski definition) is 3. The van der Waals surface area contributed by atoms with Crippen LogP contribution < -0.4 is 0 Å². The fourth-order valence-electron chi connectivity index (χ4n) is 3.86. The summed E-state index contributed by atoms with van der Waals surface area (Å²) in [6, 6.07) is 0. The Morgan fingerprint density at radius 2 is 0.875 bits per heavy atom. The molecule has 2 atom stereocenters. The Bertz CT molecular complexity index is 293. The molecule has 0 N–H and O–H groups in total. The van der Waals surface area contributed by atoms with Crippen LogP contribution in [0.2, 0.25) is 0 Å². The van der Waals surface area contributed by atoms with Crippen LogP contribution in [0.25, 0.3) is 0 Å². The molecule has 144 valence electrons. The van der Waals surface area contributed by atoms with Crippen molar-refractivity contribution < 1.29 is 14.2 Å². The van der Waals surface area contributed by atoms with Crippen molar-refractivity contribution in [1.29, 1.82) is 0 Å². The van der Waals surface area contributed by atoms with Gasteiger partial charge >= 0.3 is 0 Å². The summed E-state index contributed by atoms with van der Waals surface area (Å²) in [5.74, 6) is 2.77. The quantitative estimate of drug-likeness (QED) is 0.681. The van der Waals surface area contributed by atoms with Crippen molar-refractivity contribution in [3.05, 3.63) is 0 Å². The highest BCUT2D eigenvalue weighted by Crippen LogP contribution is 2.28. The molecular weight excluding hydrogens is 300 g/mol. The summed E-state index contributed by atoms with van der Waals surface area (Å²) in [7, 11) is 5.42. The normalized spacial score (nSPS) is 38.2. The molecule has 24 heavy (non-hydrogen) atoms. The van der Waals surface area contributed by atoms with Crippen molar-refractivity contribution in [2.75, 3.05) is 21.3 Å². The zero-order valence-electron chi connectivity index (χ0n) is 17.1. The fourth-order valence-corrected chi connectivity index (χ4v) is 3.86. The van der Waals surface area contributed by atoms with Crippen molar-refractivity contribution in [2.45, 2.75) is 96.9 Å². The third kappa shape index (κ3) is 8.82. The van der Waals surface area contributed by atoms with E-state index < -0.39 is 0 Å². The fraction of sp³-hybridized carbons (Fsp3) is 1.00. The van der Waals surface area contributed by atoms with E-state index in [2.05, 4.69) is 20.8 Å². The minimum Gasteiger partial charge on any atom is -0.381 e. The second-order valence-corrected chi connectivity index (χ2v) is 8.33. The number of methoxy groups -OCH3 is 3. The monoisotopic (exact) mass is 342 g/mol. The Morgan fingerprint density at radius 1 is 0.458 bits per heavy atom. The minimum atomic E-state index is 0.571. The second-order valence-electron chi connectivity index (χ2n) is 8.33. The Kier molecular flexibility index (Phi) is 11.2. The highest BCUT2D eigenvalue weighted by atomic mass is 16.5. The molecule has 3 nitrogen and oxygen atoms in total. The van der Waals surface area contributed by atoms with Crippen LogP contribution in [-0.4, -0.2) is 39.6 Å². The smallest absolute Gasteiger partial charge is 0.0576 e. The van der Waals surface area contributed by atoms with E-state index in [4.69, 9.17) is 14.2 Å². The molecule has 0 aromatic carbocycles. The van der Waals surface area contributed by atoms with Crippen LogP contribution in [0.4, 0.5) is 0 Å². The number of hydrogen-bond donors (Lipinski definition) is 0. The average molecular weight is 343 g/mol. The predicted octanol–water partition coefficient (Wildman–Crippen LogP) is 5.46. The topological polar surface area (TPSA) is 27.7 Å². The number of ether oxygens (including phenoxy) is 3. The van der Waals surface area contributed by atoms with Crippen LogP contribution in [0.3, 0.4) is 0 Å². The third-order valence-electron chi connectivity index (χ3n) is 5.94. The first-order valence-corrected chi connectivity index (χ1v) is 10.1. The predicted molar refractivity (Wildman–Crippen MR) is 101 cm³/mol. The van der Waals surface area contributed by atoms with Crippen LogP contribution in [0, 0.1) is 17.8 Å². The van der Waals surface area contributed by atoms with Crippen LogP contribution in [0.5, 0.6) is 0 Å². The summed E-state index contributed by atoms with van der Waals surface area (Å²) in [5, 5.41) is 0. The van der Waals surface area contributed by atoms with Gasteiger partial charge in [-0.05, 0) is 75.5 Å². The maximum atomic E-state index is 5.24. The standard InChI is InChI=1S/C8H16O.C7H14O.C6H12O/c1-7-3-5-8(9-2)6-4-7;1-6-3-4-7(5-6)8-2;1-5-3-6(4-5)7-2/h7-8H,3-6H2,1-2H3;6-7H,3-5H2,1-2H3;5-6H,3-4H2,1-2H3. The second kappa shape index (κ2) is 12.3. The van der Waals surface area contributed by atoms with E-state index in [-0.39, 0.29) is 0 Å². The highest BCUT2D eigenvalue weighted by Gasteiger charge is 2.24. The van der Waals surface area contributed by atoms with E-state index >= 15 is 0 Å². The zero-order chi connectivity index (χ0) is 17.9. The molecule has 3 aliphatic rings. The van der Waals surface area contributed by atoms with Gasteiger partial charge in [-0.2, -0.15) is 0 Å². The van der Waals surface area contributed by atoms with Gasteiger partial charge in [0.25, 0.3) is 0 Å². The lowest BCUT2D eigenvalue weighted by molar-refractivity contribution is 0.00751. The molecule has 3 fully saturated rings. The first-order valence-electron chi connectivity index (χ1n) is 10.1. The maximum Gasteiger partial charge on any atom is 0.0576 e. The average Bonchev–Trinajstić information content (AvgIpc) is 2.99. The maximum absolute atomic E-state index is 5.24. The third-order valence-corrected chi connectivity index (χ3v) is 5.94. The Balaban J connectivity index is 0.000000181. The van der Waals surface area contributed by atoms with Gasteiger partial charge in [0, 0.05) is 21.3 Å².